The fourth-order valence-electron chi connectivity index (χ4n) is 3.00. The first-order chi connectivity index (χ1) is 13.2. The molecule has 1 saturated heterocycles. The lowest BCUT2D eigenvalue weighted by atomic mass is 10.2. The first-order valence-corrected chi connectivity index (χ1v) is 10.1. The van der Waals surface area contributed by atoms with E-state index in [0.29, 0.717) is 26.2 Å². The molecule has 0 aromatic heterocycles. The summed E-state index contributed by atoms with van der Waals surface area (Å²) in [6.45, 7) is 2.52. The van der Waals surface area contributed by atoms with Crippen molar-refractivity contribution in [3.63, 3.8) is 0 Å². The van der Waals surface area contributed by atoms with E-state index in [1.54, 1.807) is 12.1 Å². The summed E-state index contributed by atoms with van der Waals surface area (Å²) in [6.07, 6.45) is 0. The molecule has 2 aromatic carbocycles. The number of nitrogens with one attached hydrogen (secondary N) is 1. The normalized spacial score (nSPS) is 15.5. The molecule has 0 spiro atoms. The van der Waals surface area contributed by atoms with Crippen LogP contribution in [0.3, 0.4) is 0 Å². The average Bonchev–Trinajstić information content (AvgIpc) is 2.65. The molecule has 10 heteroatoms. The number of nitrogens with two attached hydrogens (primary N) is 1. The van der Waals surface area contributed by atoms with Gasteiger partial charge in [-0.25, -0.2) is 22.3 Å². The van der Waals surface area contributed by atoms with Crippen molar-refractivity contribution in [3.05, 3.63) is 54.1 Å². The maximum absolute atomic E-state index is 13.6. The first-order valence-electron chi connectivity index (χ1n) is 8.57. The van der Waals surface area contributed by atoms with E-state index < -0.39 is 27.6 Å². The smallest absolute Gasteiger partial charge is 0.238 e. The van der Waals surface area contributed by atoms with E-state index in [-0.39, 0.29) is 17.1 Å². The number of amides is 1. The Morgan fingerprint density at radius 2 is 1.68 bits per heavy atom. The zero-order valence-electron chi connectivity index (χ0n) is 14.9. The molecular weight excluding hydrogens is 390 g/mol. The van der Waals surface area contributed by atoms with Crippen molar-refractivity contribution in [2.45, 2.75) is 4.90 Å². The van der Waals surface area contributed by atoms with Gasteiger partial charge in [0.1, 0.15) is 11.6 Å². The minimum Gasteiger partial charge on any atom is -0.369 e. The van der Waals surface area contributed by atoms with Crippen LogP contribution < -0.4 is 15.4 Å². The zero-order chi connectivity index (χ0) is 20.3. The lowest BCUT2D eigenvalue weighted by molar-refractivity contribution is -0.117. The maximum Gasteiger partial charge on any atom is 0.238 e. The van der Waals surface area contributed by atoms with Crippen LogP contribution in [0.25, 0.3) is 0 Å². The fraction of sp³-hybridized carbons (Fsp3) is 0.278. The SMILES string of the molecule is NS(=O)(=O)c1ccc(N2CCN(CC(=O)Nc3cc(F)ccc3F)CC2)cc1. The van der Waals surface area contributed by atoms with Gasteiger partial charge >= 0.3 is 0 Å². The number of hydrogen-bond acceptors (Lipinski definition) is 5. The molecule has 0 bridgehead atoms. The Morgan fingerprint density at radius 3 is 2.29 bits per heavy atom. The van der Waals surface area contributed by atoms with Crippen molar-refractivity contribution < 1.29 is 22.0 Å². The molecule has 7 nitrogen and oxygen atoms in total. The minimum absolute atomic E-state index is 0.0520. The third kappa shape index (κ3) is 5.03. The van der Waals surface area contributed by atoms with Gasteiger partial charge in [0.05, 0.1) is 17.1 Å². The molecule has 0 radical (unpaired) electrons. The molecule has 28 heavy (non-hydrogen) atoms. The Kier molecular flexibility index (Phi) is 5.92. The predicted octanol–water partition coefficient (Wildman–Crippen LogP) is 1.37. The molecule has 3 rings (SSSR count). The molecule has 0 atom stereocenters. The van der Waals surface area contributed by atoms with Crippen LogP contribution >= 0.6 is 0 Å². The number of primary sulfonamides is 1. The van der Waals surface area contributed by atoms with Gasteiger partial charge in [0, 0.05) is 37.9 Å². The third-order valence-corrected chi connectivity index (χ3v) is 5.40. The summed E-state index contributed by atoms with van der Waals surface area (Å²) in [4.78, 5) is 16.1. The number of carbonyl (C=O) groups is 1. The number of rotatable bonds is 5. The van der Waals surface area contributed by atoms with Gasteiger partial charge in [-0.15, -0.1) is 0 Å². The molecule has 0 unspecified atom stereocenters. The van der Waals surface area contributed by atoms with Crippen molar-refractivity contribution in [1.29, 1.82) is 0 Å². The lowest BCUT2D eigenvalue weighted by Crippen LogP contribution is -2.48. The predicted molar refractivity (Wildman–Crippen MR) is 101 cm³/mol. The Labute approximate surface area is 161 Å². The van der Waals surface area contributed by atoms with Crippen LogP contribution in [0, 0.1) is 11.6 Å². The second-order valence-electron chi connectivity index (χ2n) is 6.47. The largest absolute Gasteiger partial charge is 0.369 e. The average molecular weight is 410 g/mol. The highest BCUT2D eigenvalue weighted by molar-refractivity contribution is 7.89. The summed E-state index contributed by atoms with van der Waals surface area (Å²) in [5.41, 5.74) is 0.678. The number of carbonyl (C=O) groups excluding carboxylic acids is 1. The fourth-order valence-corrected chi connectivity index (χ4v) is 3.51. The van der Waals surface area contributed by atoms with E-state index in [0.717, 1.165) is 23.9 Å². The van der Waals surface area contributed by atoms with Gasteiger partial charge in [-0.2, -0.15) is 0 Å². The topological polar surface area (TPSA) is 95.7 Å². The number of hydrogen-bond donors (Lipinski definition) is 2. The molecule has 1 heterocycles. The maximum atomic E-state index is 13.6. The number of halogens is 2. The Balaban J connectivity index is 1.52. The van der Waals surface area contributed by atoms with Gasteiger partial charge in [-0.3, -0.25) is 9.69 Å². The van der Waals surface area contributed by atoms with Crippen LogP contribution in [0.4, 0.5) is 20.2 Å². The molecule has 1 amide bonds. The Bertz CT molecular complexity index is 959. The van der Waals surface area contributed by atoms with Crippen LogP contribution in [0.2, 0.25) is 0 Å². The molecule has 0 saturated carbocycles. The van der Waals surface area contributed by atoms with E-state index in [4.69, 9.17) is 5.14 Å². The zero-order valence-corrected chi connectivity index (χ0v) is 15.8. The second kappa shape index (κ2) is 8.21. The quantitative estimate of drug-likeness (QED) is 0.776. The summed E-state index contributed by atoms with van der Waals surface area (Å²) >= 11 is 0. The summed E-state index contributed by atoms with van der Waals surface area (Å²) in [6, 6.07) is 9.18. The Hall–Kier alpha value is -2.56. The molecular formula is C18H20F2N4O3S. The first kappa shape index (κ1) is 20.2. The molecule has 2 aromatic rings. The van der Waals surface area contributed by atoms with Crippen molar-refractivity contribution >= 4 is 27.3 Å². The van der Waals surface area contributed by atoms with E-state index in [9.17, 15) is 22.0 Å². The third-order valence-electron chi connectivity index (χ3n) is 4.47. The van der Waals surface area contributed by atoms with Gasteiger partial charge in [-0.05, 0) is 36.4 Å². The lowest BCUT2D eigenvalue weighted by Gasteiger charge is -2.35. The van der Waals surface area contributed by atoms with Crippen molar-refractivity contribution in [1.82, 2.24) is 4.90 Å². The van der Waals surface area contributed by atoms with Gasteiger partial charge in [0.15, 0.2) is 0 Å². The van der Waals surface area contributed by atoms with Crippen LogP contribution in [-0.2, 0) is 14.8 Å². The summed E-state index contributed by atoms with van der Waals surface area (Å²) in [7, 11) is -3.73. The van der Waals surface area contributed by atoms with Gasteiger partial charge < -0.3 is 10.2 Å². The van der Waals surface area contributed by atoms with E-state index in [1.807, 2.05) is 4.90 Å². The van der Waals surface area contributed by atoms with Crippen molar-refractivity contribution in [2.75, 3.05) is 42.9 Å². The highest BCUT2D eigenvalue weighted by Gasteiger charge is 2.20. The Morgan fingerprint density at radius 1 is 1.04 bits per heavy atom. The molecule has 150 valence electrons. The number of sulfonamides is 1. The van der Waals surface area contributed by atoms with Crippen LogP contribution in [0.15, 0.2) is 47.4 Å². The second-order valence-corrected chi connectivity index (χ2v) is 8.04. The van der Waals surface area contributed by atoms with E-state index in [1.165, 1.54) is 12.1 Å². The van der Waals surface area contributed by atoms with Crippen LogP contribution in [-0.4, -0.2) is 51.9 Å². The number of nitrogens with zero attached hydrogens (tertiary/aromatic N) is 2. The summed E-state index contributed by atoms with van der Waals surface area (Å²) in [5.74, 6) is -1.74. The monoisotopic (exact) mass is 410 g/mol. The molecule has 1 fully saturated rings. The number of piperazine rings is 1. The van der Waals surface area contributed by atoms with Crippen molar-refractivity contribution in [3.8, 4) is 0 Å². The highest BCUT2D eigenvalue weighted by Crippen LogP contribution is 2.19. The van der Waals surface area contributed by atoms with E-state index in [2.05, 4.69) is 10.2 Å². The number of benzene rings is 2. The van der Waals surface area contributed by atoms with Gasteiger partial charge in [0.2, 0.25) is 15.9 Å². The number of anilines is 2. The molecule has 0 aliphatic carbocycles. The summed E-state index contributed by atoms with van der Waals surface area (Å²) < 4.78 is 49.4. The standard InChI is InChI=1S/C18H20F2N4O3S/c19-13-1-6-16(20)17(11-13)22-18(25)12-23-7-9-24(10-8-23)14-2-4-15(5-3-14)28(21,26)27/h1-6,11H,7-10,12H2,(H,22,25)(H2,21,26,27). The van der Waals surface area contributed by atoms with Gasteiger partial charge in [-0.1, -0.05) is 0 Å². The van der Waals surface area contributed by atoms with Crippen molar-refractivity contribution in [2.24, 2.45) is 5.14 Å². The summed E-state index contributed by atoms with van der Waals surface area (Å²) in [5, 5.41) is 7.48. The molecule has 1 aliphatic heterocycles. The molecule has 1 aliphatic rings. The van der Waals surface area contributed by atoms with Gasteiger partial charge in [0.25, 0.3) is 0 Å². The van der Waals surface area contributed by atoms with E-state index >= 15 is 0 Å². The van der Waals surface area contributed by atoms with Crippen LogP contribution in [0.1, 0.15) is 0 Å². The minimum atomic E-state index is -3.73. The van der Waals surface area contributed by atoms with Crippen LogP contribution in [0.5, 0.6) is 0 Å². The highest BCUT2D eigenvalue weighted by atomic mass is 32.2. The molecule has 3 N–H and O–H groups in total.